The number of aryl methyl sites for hydroxylation is 2. The van der Waals surface area contributed by atoms with Crippen molar-refractivity contribution in [2.24, 2.45) is 0 Å². The fraction of sp³-hybridized carbons (Fsp3) is 0.150. The second-order valence-electron chi connectivity index (χ2n) is 6.35. The number of hydrogen-bond donors (Lipinski definition) is 1. The van der Waals surface area contributed by atoms with Gasteiger partial charge in [0.05, 0.1) is 5.39 Å². The van der Waals surface area contributed by atoms with Crippen LogP contribution in [-0.2, 0) is 11.2 Å². The van der Waals surface area contributed by atoms with Crippen molar-refractivity contribution in [3.05, 3.63) is 52.5 Å². The highest BCUT2D eigenvalue weighted by Crippen LogP contribution is 2.41. The van der Waals surface area contributed by atoms with Crippen LogP contribution in [0, 0.1) is 6.92 Å². The molecule has 0 unspecified atom stereocenters. The Bertz CT molecular complexity index is 1170. The van der Waals surface area contributed by atoms with Gasteiger partial charge in [-0.1, -0.05) is 6.07 Å². The molecule has 0 radical (unpaired) electrons. The number of nitrogens with one attached hydrogen (secondary N) is 1. The smallest absolute Gasteiger partial charge is 0.231 e. The lowest BCUT2D eigenvalue weighted by Gasteiger charge is -2.17. The highest BCUT2D eigenvalue weighted by molar-refractivity contribution is 7.18. The molecule has 7 heteroatoms. The van der Waals surface area contributed by atoms with Gasteiger partial charge in [0, 0.05) is 27.9 Å². The van der Waals surface area contributed by atoms with Gasteiger partial charge in [-0.15, -0.1) is 22.7 Å². The summed E-state index contributed by atoms with van der Waals surface area (Å²) in [4.78, 5) is 22.8. The number of rotatable bonds is 3. The molecule has 0 bridgehead atoms. The van der Waals surface area contributed by atoms with E-state index in [9.17, 15) is 4.79 Å². The average molecular weight is 393 g/mol. The maximum atomic E-state index is 11.5. The molecule has 4 heterocycles. The molecule has 27 heavy (non-hydrogen) atoms. The van der Waals surface area contributed by atoms with Crippen LogP contribution in [0.15, 0.2) is 41.1 Å². The molecular formula is C20H15N3O2S2. The van der Waals surface area contributed by atoms with Gasteiger partial charge in [-0.25, -0.2) is 4.98 Å². The number of thiophene rings is 2. The lowest BCUT2D eigenvalue weighted by Crippen LogP contribution is -2.18. The van der Waals surface area contributed by atoms with Gasteiger partial charge in [0.2, 0.25) is 11.8 Å². The van der Waals surface area contributed by atoms with E-state index in [4.69, 9.17) is 4.74 Å². The molecule has 1 aliphatic rings. The number of fused-ring (bicyclic) bond motifs is 2. The summed E-state index contributed by atoms with van der Waals surface area (Å²) in [5, 5.41) is 8.01. The predicted molar refractivity (Wildman–Crippen MR) is 109 cm³/mol. The maximum Gasteiger partial charge on any atom is 0.231 e. The van der Waals surface area contributed by atoms with Crippen molar-refractivity contribution < 1.29 is 9.53 Å². The number of ether oxygens (including phenoxy) is 1. The van der Waals surface area contributed by atoms with E-state index in [0.717, 1.165) is 33.5 Å². The molecule has 1 amide bonds. The number of anilines is 1. The van der Waals surface area contributed by atoms with Crippen LogP contribution in [0.1, 0.15) is 17.8 Å². The zero-order valence-corrected chi connectivity index (χ0v) is 16.1. The number of nitrogens with zero attached hydrogens (tertiary/aromatic N) is 2. The summed E-state index contributed by atoms with van der Waals surface area (Å²) in [5.41, 5.74) is 3.04. The Morgan fingerprint density at radius 3 is 2.93 bits per heavy atom. The first-order valence-corrected chi connectivity index (χ1v) is 10.3. The molecule has 0 spiro atoms. The summed E-state index contributed by atoms with van der Waals surface area (Å²) >= 11 is 3.29. The fourth-order valence-corrected chi connectivity index (χ4v) is 5.03. The third-order valence-electron chi connectivity index (χ3n) is 4.49. The number of amides is 1. The van der Waals surface area contributed by atoms with Gasteiger partial charge in [0.25, 0.3) is 0 Å². The van der Waals surface area contributed by atoms with Gasteiger partial charge in [0.15, 0.2) is 0 Å². The molecular weight excluding hydrogens is 378 g/mol. The van der Waals surface area contributed by atoms with Crippen LogP contribution in [0.5, 0.6) is 11.6 Å². The third kappa shape index (κ3) is 2.98. The lowest BCUT2D eigenvalue weighted by atomic mass is 10.0. The summed E-state index contributed by atoms with van der Waals surface area (Å²) in [6.07, 6.45) is 1.22. The predicted octanol–water partition coefficient (Wildman–Crippen LogP) is 5.41. The van der Waals surface area contributed by atoms with Crippen molar-refractivity contribution in [1.29, 1.82) is 0 Å². The van der Waals surface area contributed by atoms with Crippen LogP contribution >= 0.6 is 22.7 Å². The van der Waals surface area contributed by atoms with Crippen molar-refractivity contribution in [3.8, 4) is 22.1 Å². The van der Waals surface area contributed by atoms with E-state index in [-0.39, 0.29) is 5.91 Å². The van der Waals surface area contributed by atoms with Crippen LogP contribution in [0.3, 0.4) is 0 Å². The fourth-order valence-electron chi connectivity index (χ4n) is 3.23. The standard InChI is InChI=1S/C20H15N3O2S2/c1-11-21-19(18-14(10-27-20(18)22-11)16-3-2-8-26-16)25-13-5-6-15-12(9-13)4-7-17(24)23-15/h2-3,5-6,8-10H,4,7H2,1H3,(H,23,24). The molecule has 0 aliphatic carbocycles. The lowest BCUT2D eigenvalue weighted by molar-refractivity contribution is -0.116. The SMILES string of the molecule is Cc1nc(Oc2ccc3c(c2)CCC(=O)N3)c2c(-c3cccs3)csc2n1. The van der Waals surface area contributed by atoms with Crippen LogP contribution in [0.4, 0.5) is 5.69 Å². The first kappa shape index (κ1) is 16.4. The zero-order chi connectivity index (χ0) is 18.4. The van der Waals surface area contributed by atoms with E-state index < -0.39 is 0 Å². The van der Waals surface area contributed by atoms with Gasteiger partial charge in [-0.3, -0.25) is 4.79 Å². The van der Waals surface area contributed by atoms with Crippen molar-refractivity contribution in [2.45, 2.75) is 19.8 Å². The molecule has 0 fully saturated rings. The number of carbonyl (C=O) groups excluding carboxylic acids is 1. The minimum Gasteiger partial charge on any atom is -0.438 e. The Morgan fingerprint density at radius 2 is 2.07 bits per heavy atom. The molecule has 0 atom stereocenters. The molecule has 5 rings (SSSR count). The van der Waals surface area contributed by atoms with Crippen molar-refractivity contribution in [1.82, 2.24) is 9.97 Å². The normalized spacial score (nSPS) is 13.4. The zero-order valence-electron chi connectivity index (χ0n) is 14.5. The number of hydrogen-bond acceptors (Lipinski definition) is 6. The molecule has 134 valence electrons. The van der Waals surface area contributed by atoms with Gasteiger partial charge >= 0.3 is 0 Å². The maximum absolute atomic E-state index is 11.5. The molecule has 1 aromatic carbocycles. The summed E-state index contributed by atoms with van der Waals surface area (Å²) in [6, 6.07) is 9.87. The first-order valence-electron chi connectivity index (χ1n) is 8.58. The Balaban J connectivity index is 1.59. The largest absolute Gasteiger partial charge is 0.438 e. The minimum absolute atomic E-state index is 0.0585. The molecule has 0 saturated heterocycles. The van der Waals surface area contributed by atoms with E-state index in [1.165, 1.54) is 4.88 Å². The van der Waals surface area contributed by atoms with E-state index in [2.05, 4.69) is 32.1 Å². The number of benzene rings is 1. The molecule has 5 nitrogen and oxygen atoms in total. The third-order valence-corrected chi connectivity index (χ3v) is 6.26. The average Bonchev–Trinajstić information content (AvgIpc) is 3.31. The Hall–Kier alpha value is -2.77. The second kappa shape index (κ2) is 6.44. The highest BCUT2D eigenvalue weighted by atomic mass is 32.1. The Labute approximate surface area is 163 Å². The van der Waals surface area contributed by atoms with Gasteiger partial charge in [-0.2, -0.15) is 4.98 Å². The highest BCUT2D eigenvalue weighted by Gasteiger charge is 2.19. The molecule has 3 aromatic heterocycles. The first-order chi connectivity index (χ1) is 13.2. The van der Waals surface area contributed by atoms with E-state index in [1.807, 2.05) is 31.2 Å². The van der Waals surface area contributed by atoms with E-state index in [1.54, 1.807) is 22.7 Å². The molecule has 1 N–H and O–H groups in total. The van der Waals surface area contributed by atoms with Crippen molar-refractivity contribution >= 4 is 44.5 Å². The molecule has 0 saturated carbocycles. The van der Waals surface area contributed by atoms with Crippen molar-refractivity contribution in [2.75, 3.05) is 5.32 Å². The van der Waals surface area contributed by atoms with Crippen LogP contribution in [0.2, 0.25) is 0 Å². The quantitative estimate of drug-likeness (QED) is 0.506. The van der Waals surface area contributed by atoms with Gasteiger partial charge in [-0.05, 0) is 48.6 Å². The summed E-state index contributed by atoms with van der Waals surface area (Å²) in [5.74, 6) is 2.03. The van der Waals surface area contributed by atoms with E-state index >= 15 is 0 Å². The van der Waals surface area contributed by atoms with Crippen LogP contribution < -0.4 is 10.1 Å². The monoisotopic (exact) mass is 393 g/mol. The second-order valence-corrected chi connectivity index (χ2v) is 8.16. The van der Waals surface area contributed by atoms with Gasteiger partial charge < -0.3 is 10.1 Å². The van der Waals surface area contributed by atoms with Gasteiger partial charge in [0.1, 0.15) is 16.4 Å². The summed E-state index contributed by atoms with van der Waals surface area (Å²) in [6.45, 7) is 1.87. The number of aromatic nitrogens is 2. The Kier molecular flexibility index (Phi) is 3.91. The Morgan fingerprint density at radius 1 is 1.15 bits per heavy atom. The minimum atomic E-state index is 0.0585. The molecule has 1 aliphatic heterocycles. The van der Waals surface area contributed by atoms with Crippen molar-refractivity contribution in [3.63, 3.8) is 0 Å². The number of carbonyl (C=O) groups is 1. The topological polar surface area (TPSA) is 64.1 Å². The summed E-state index contributed by atoms with van der Waals surface area (Å²) < 4.78 is 6.21. The molecule has 4 aromatic rings. The van der Waals surface area contributed by atoms with E-state index in [0.29, 0.717) is 23.9 Å². The summed E-state index contributed by atoms with van der Waals surface area (Å²) in [7, 11) is 0. The van der Waals surface area contributed by atoms with Crippen LogP contribution in [0.25, 0.3) is 20.7 Å². The van der Waals surface area contributed by atoms with Crippen LogP contribution in [-0.4, -0.2) is 15.9 Å².